The van der Waals surface area contributed by atoms with Crippen LogP contribution in [0.25, 0.3) is 0 Å². The van der Waals surface area contributed by atoms with Gasteiger partial charge < -0.3 is 12.4 Å². The Morgan fingerprint density at radius 2 is 1.76 bits per heavy atom. The van der Waals surface area contributed by atoms with Gasteiger partial charge in [-0.3, -0.25) is 4.79 Å². The molecule has 4 nitrogen and oxygen atoms in total. The second kappa shape index (κ2) is 8.62. The van der Waals surface area contributed by atoms with Crippen molar-refractivity contribution in [3.63, 3.8) is 0 Å². The Bertz CT molecular complexity index is 612. The number of aromatic nitrogens is 1. The fourth-order valence-electron chi connectivity index (χ4n) is 1.54. The molecule has 0 radical (unpaired) electrons. The number of nitrogens with zero attached hydrogens (tertiary/aromatic N) is 2. The maximum absolute atomic E-state index is 11.7. The van der Waals surface area contributed by atoms with Gasteiger partial charge in [0.25, 0.3) is 0 Å². The van der Waals surface area contributed by atoms with Crippen LogP contribution in [-0.2, 0) is 11.3 Å². The number of amides is 1. The standard InChI is InChI=1S/C14H11Cl2N3O.ClH/c15-12-5-4-6-13(16)11(12)9-17-18-14(20)10-19-7-2-1-3-8-19;/h1-9H,10H2;1H/b17-9+;. The Hall–Kier alpha value is -1.62. The van der Waals surface area contributed by atoms with Crippen LogP contribution in [0.5, 0.6) is 0 Å². The van der Waals surface area contributed by atoms with Crippen molar-refractivity contribution in [2.45, 2.75) is 6.54 Å². The van der Waals surface area contributed by atoms with Gasteiger partial charge in [-0.2, -0.15) is 9.67 Å². The monoisotopic (exact) mass is 343 g/mol. The Morgan fingerprint density at radius 3 is 2.38 bits per heavy atom. The first-order valence-corrected chi connectivity index (χ1v) is 6.62. The van der Waals surface area contributed by atoms with Crippen LogP contribution in [0.1, 0.15) is 5.56 Å². The molecule has 1 N–H and O–H groups in total. The number of nitrogens with one attached hydrogen (secondary N) is 1. The molecule has 1 amide bonds. The van der Waals surface area contributed by atoms with Crippen LogP contribution < -0.4 is 22.4 Å². The summed E-state index contributed by atoms with van der Waals surface area (Å²) in [4.78, 5) is 11.7. The first-order chi connectivity index (χ1) is 9.66. The largest absolute Gasteiger partial charge is 1.00 e. The van der Waals surface area contributed by atoms with Crippen molar-refractivity contribution in [1.29, 1.82) is 0 Å². The molecule has 7 heteroatoms. The van der Waals surface area contributed by atoms with E-state index in [0.717, 1.165) is 0 Å². The van der Waals surface area contributed by atoms with Crippen LogP contribution in [0.3, 0.4) is 0 Å². The molecule has 1 aromatic carbocycles. The third kappa shape index (κ3) is 5.34. The van der Waals surface area contributed by atoms with Gasteiger partial charge in [-0.25, -0.2) is 5.43 Å². The van der Waals surface area contributed by atoms with Crippen molar-refractivity contribution in [3.8, 4) is 0 Å². The maximum atomic E-state index is 11.7. The van der Waals surface area contributed by atoms with Crippen LogP contribution in [0.15, 0.2) is 53.9 Å². The molecule has 0 aliphatic carbocycles. The Kier molecular flexibility index (Phi) is 7.15. The minimum atomic E-state index is -0.236. The summed E-state index contributed by atoms with van der Waals surface area (Å²) in [5.41, 5.74) is 3.00. The van der Waals surface area contributed by atoms with E-state index in [0.29, 0.717) is 15.6 Å². The van der Waals surface area contributed by atoms with E-state index in [4.69, 9.17) is 23.2 Å². The summed E-state index contributed by atoms with van der Waals surface area (Å²) in [6.45, 7) is 0.189. The third-order valence-corrected chi connectivity index (χ3v) is 3.15. The Labute approximate surface area is 138 Å². The van der Waals surface area contributed by atoms with Crippen LogP contribution in [0.2, 0.25) is 10.0 Å². The number of pyridine rings is 1. The number of rotatable bonds is 4. The van der Waals surface area contributed by atoms with E-state index in [1.807, 2.05) is 18.2 Å². The molecule has 0 atom stereocenters. The number of halogens is 3. The van der Waals surface area contributed by atoms with Gasteiger partial charge in [0.2, 0.25) is 6.54 Å². The topological polar surface area (TPSA) is 45.3 Å². The lowest BCUT2D eigenvalue weighted by molar-refractivity contribution is -0.684. The predicted molar refractivity (Wildman–Crippen MR) is 78.8 cm³/mol. The third-order valence-electron chi connectivity index (χ3n) is 2.49. The van der Waals surface area contributed by atoms with Gasteiger partial charge >= 0.3 is 5.91 Å². The fourth-order valence-corrected chi connectivity index (χ4v) is 2.04. The molecule has 0 aliphatic rings. The average Bonchev–Trinajstić information content (AvgIpc) is 2.43. The normalized spacial score (nSPS) is 10.2. The van der Waals surface area contributed by atoms with E-state index in [-0.39, 0.29) is 24.9 Å². The number of hydrogen-bond donors (Lipinski definition) is 1. The number of hydrazone groups is 1. The van der Waals surface area contributed by atoms with Gasteiger partial charge in [-0.05, 0) is 12.1 Å². The fraction of sp³-hybridized carbons (Fsp3) is 0.0714. The van der Waals surface area contributed by atoms with E-state index in [1.165, 1.54) is 6.21 Å². The van der Waals surface area contributed by atoms with Crippen LogP contribution in [0.4, 0.5) is 0 Å². The summed E-state index contributed by atoms with van der Waals surface area (Å²) in [6, 6.07) is 10.7. The molecule has 110 valence electrons. The maximum Gasteiger partial charge on any atom is 0.305 e. The SMILES string of the molecule is O=C(C[n+]1ccccc1)N/N=C/c1c(Cl)cccc1Cl.[Cl-]. The van der Waals surface area contributed by atoms with Gasteiger partial charge in [0.1, 0.15) is 0 Å². The summed E-state index contributed by atoms with van der Waals surface area (Å²) in [5, 5.41) is 4.81. The summed E-state index contributed by atoms with van der Waals surface area (Å²) in [6.07, 6.45) is 5.03. The predicted octanol–water partition coefficient (Wildman–Crippen LogP) is -0.565. The Morgan fingerprint density at radius 1 is 1.14 bits per heavy atom. The van der Waals surface area contributed by atoms with Gasteiger partial charge in [0.05, 0.1) is 16.3 Å². The van der Waals surface area contributed by atoms with Gasteiger partial charge in [0.15, 0.2) is 12.4 Å². The zero-order chi connectivity index (χ0) is 14.4. The van der Waals surface area contributed by atoms with E-state index in [2.05, 4.69) is 10.5 Å². The molecule has 0 aliphatic heterocycles. The summed E-state index contributed by atoms with van der Waals surface area (Å²) >= 11 is 12.0. The van der Waals surface area contributed by atoms with Crippen LogP contribution >= 0.6 is 23.2 Å². The van der Waals surface area contributed by atoms with Crippen LogP contribution in [-0.4, -0.2) is 12.1 Å². The molecule has 1 heterocycles. The molecule has 2 aromatic rings. The first-order valence-electron chi connectivity index (χ1n) is 5.87. The average molecular weight is 345 g/mol. The highest BCUT2D eigenvalue weighted by Crippen LogP contribution is 2.21. The first kappa shape index (κ1) is 17.4. The van der Waals surface area contributed by atoms with Crippen molar-refractivity contribution in [1.82, 2.24) is 5.43 Å². The highest BCUT2D eigenvalue weighted by atomic mass is 35.5. The number of carbonyl (C=O) groups is 1. The molecular weight excluding hydrogens is 333 g/mol. The summed E-state index contributed by atoms with van der Waals surface area (Å²) in [7, 11) is 0. The lowest BCUT2D eigenvalue weighted by Crippen LogP contribution is -3.00. The molecule has 0 spiro atoms. The van der Waals surface area contributed by atoms with E-state index in [1.54, 1.807) is 35.2 Å². The number of hydrogen-bond acceptors (Lipinski definition) is 2. The Balaban J connectivity index is 0.00000220. The molecule has 0 fully saturated rings. The van der Waals surface area contributed by atoms with Gasteiger partial charge in [-0.1, -0.05) is 35.3 Å². The van der Waals surface area contributed by atoms with Gasteiger partial charge in [-0.15, -0.1) is 0 Å². The second-order valence-electron chi connectivity index (χ2n) is 3.98. The molecular formula is C14H12Cl3N3O. The van der Waals surface area contributed by atoms with E-state index in [9.17, 15) is 4.79 Å². The van der Waals surface area contributed by atoms with Crippen molar-refractivity contribution >= 4 is 35.3 Å². The quantitative estimate of drug-likeness (QED) is 0.451. The molecule has 0 saturated carbocycles. The molecule has 21 heavy (non-hydrogen) atoms. The number of benzene rings is 1. The molecule has 0 bridgehead atoms. The van der Waals surface area contributed by atoms with Gasteiger partial charge in [0, 0.05) is 17.7 Å². The molecule has 1 aromatic heterocycles. The summed E-state index contributed by atoms with van der Waals surface area (Å²) in [5.74, 6) is -0.236. The van der Waals surface area contributed by atoms with E-state index < -0.39 is 0 Å². The highest BCUT2D eigenvalue weighted by Gasteiger charge is 2.07. The van der Waals surface area contributed by atoms with Crippen molar-refractivity contribution in [3.05, 3.63) is 64.4 Å². The minimum Gasteiger partial charge on any atom is -1.00 e. The summed E-state index contributed by atoms with van der Waals surface area (Å²) < 4.78 is 1.74. The highest BCUT2D eigenvalue weighted by molar-refractivity contribution is 6.38. The van der Waals surface area contributed by atoms with Crippen molar-refractivity contribution in [2.75, 3.05) is 0 Å². The molecule has 0 saturated heterocycles. The molecule has 0 unspecified atom stereocenters. The van der Waals surface area contributed by atoms with E-state index >= 15 is 0 Å². The van der Waals surface area contributed by atoms with Crippen LogP contribution in [0, 0.1) is 0 Å². The molecule has 2 rings (SSSR count). The second-order valence-corrected chi connectivity index (χ2v) is 4.79. The lowest BCUT2D eigenvalue weighted by atomic mass is 10.2. The lowest BCUT2D eigenvalue weighted by Gasteiger charge is -2.00. The smallest absolute Gasteiger partial charge is 0.305 e. The van der Waals surface area contributed by atoms with Crippen molar-refractivity contribution < 1.29 is 21.8 Å². The number of carbonyl (C=O) groups excluding carboxylic acids is 1. The minimum absolute atomic E-state index is 0. The van der Waals surface area contributed by atoms with Crippen molar-refractivity contribution in [2.24, 2.45) is 5.10 Å². The zero-order valence-corrected chi connectivity index (χ0v) is 13.1. The zero-order valence-electron chi connectivity index (χ0n) is 10.8.